The first-order valence-electron chi connectivity index (χ1n) is 4.24. The second kappa shape index (κ2) is 5.48. The Hall–Kier alpha value is -1.39. The van der Waals surface area contributed by atoms with Gasteiger partial charge >= 0.3 is 5.97 Å². The van der Waals surface area contributed by atoms with Crippen LogP contribution in [0.2, 0.25) is 0 Å². The molecule has 0 aromatic heterocycles. The van der Waals surface area contributed by atoms with Crippen LogP contribution in [0.5, 0.6) is 0 Å². The molecule has 5 heteroatoms. The lowest BCUT2D eigenvalue weighted by atomic mass is 10.1. The molecule has 0 fully saturated rings. The number of ketones is 1. The number of ether oxygens (including phenoxy) is 1. The highest BCUT2D eigenvalue weighted by Crippen LogP contribution is 2.05. The minimum absolute atomic E-state index is 0.404. The van der Waals surface area contributed by atoms with Crippen molar-refractivity contribution >= 4 is 23.5 Å². The molecule has 0 spiro atoms. The largest absolute Gasteiger partial charge is 0.467 e. The molecule has 0 aliphatic carbocycles. The average Bonchev–Trinajstić information content (AvgIpc) is 2.30. The number of rotatable bonds is 4. The van der Waals surface area contributed by atoms with E-state index in [1.165, 1.54) is 7.11 Å². The third kappa shape index (κ3) is 2.78. The van der Waals surface area contributed by atoms with Crippen LogP contribution in [0.3, 0.4) is 0 Å². The number of esters is 1. The van der Waals surface area contributed by atoms with Crippen molar-refractivity contribution in [2.75, 3.05) is 7.11 Å². The first-order valence-corrected chi connectivity index (χ1v) is 4.61. The maximum atomic E-state index is 11.7. The van der Waals surface area contributed by atoms with Crippen LogP contribution >= 0.6 is 11.8 Å². The Bertz CT molecular complexity index is 353. The number of benzene rings is 1. The fourth-order valence-corrected chi connectivity index (χ4v) is 1.28. The van der Waals surface area contributed by atoms with E-state index in [1.807, 2.05) is 0 Å². The van der Waals surface area contributed by atoms with E-state index in [1.54, 1.807) is 30.3 Å². The third-order valence-electron chi connectivity index (χ3n) is 1.87. The predicted octanol–water partition coefficient (Wildman–Crippen LogP) is 1.15. The van der Waals surface area contributed by atoms with Crippen molar-refractivity contribution in [1.82, 2.24) is 4.84 Å². The molecule has 0 aliphatic rings. The van der Waals surface area contributed by atoms with Gasteiger partial charge in [-0.25, -0.2) is 9.63 Å². The number of methoxy groups -OCH3 is 1. The molecule has 15 heavy (non-hydrogen) atoms. The number of nitrogens with one attached hydrogen (secondary N) is 1. The first kappa shape index (κ1) is 11.7. The molecular weight excluding hydrogens is 218 g/mol. The van der Waals surface area contributed by atoms with Crippen molar-refractivity contribution < 1.29 is 14.3 Å². The van der Waals surface area contributed by atoms with Gasteiger partial charge in [-0.2, -0.15) is 0 Å². The van der Waals surface area contributed by atoms with Gasteiger partial charge in [0.1, 0.15) is 0 Å². The van der Waals surface area contributed by atoms with Crippen LogP contribution < -0.4 is 4.84 Å². The van der Waals surface area contributed by atoms with Gasteiger partial charge in [0, 0.05) is 5.56 Å². The first-order chi connectivity index (χ1) is 7.20. The Morgan fingerprint density at radius 2 is 1.93 bits per heavy atom. The Kier molecular flexibility index (Phi) is 4.27. The Labute approximate surface area is 92.3 Å². The minimum atomic E-state index is -1.17. The number of carbonyl (C=O) groups excluding carboxylic acids is 2. The zero-order valence-electron chi connectivity index (χ0n) is 8.07. The number of carbonyl (C=O) groups is 2. The van der Waals surface area contributed by atoms with E-state index in [9.17, 15) is 9.59 Å². The summed E-state index contributed by atoms with van der Waals surface area (Å²) in [5.74, 6) is -1.13. The summed E-state index contributed by atoms with van der Waals surface area (Å²) in [5, 5.41) is 0. The highest BCUT2D eigenvalue weighted by atomic mass is 35.5. The second-order valence-corrected chi connectivity index (χ2v) is 3.01. The van der Waals surface area contributed by atoms with E-state index in [0.29, 0.717) is 5.56 Å². The molecule has 80 valence electrons. The van der Waals surface area contributed by atoms with E-state index in [0.717, 1.165) is 0 Å². The summed E-state index contributed by atoms with van der Waals surface area (Å²) in [7, 11) is 1.20. The molecule has 1 rings (SSSR count). The molecule has 1 N–H and O–H groups in total. The number of halogens is 1. The van der Waals surface area contributed by atoms with E-state index < -0.39 is 17.8 Å². The van der Waals surface area contributed by atoms with Gasteiger partial charge in [0.2, 0.25) is 0 Å². The lowest BCUT2D eigenvalue weighted by molar-refractivity contribution is -0.141. The van der Waals surface area contributed by atoms with Crippen LogP contribution in [0.25, 0.3) is 0 Å². The van der Waals surface area contributed by atoms with Crippen molar-refractivity contribution in [1.29, 1.82) is 0 Å². The van der Waals surface area contributed by atoms with Crippen molar-refractivity contribution in [3.63, 3.8) is 0 Å². The van der Waals surface area contributed by atoms with Crippen LogP contribution in [0.1, 0.15) is 10.4 Å². The normalized spacial score (nSPS) is 11.9. The summed E-state index contributed by atoms with van der Waals surface area (Å²) in [6.45, 7) is 0. The van der Waals surface area contributed by atoms with Gasteiger partial charge in [0.15, 0.2) is 11.8 Å². The fourth-order valence-electron chi connectivity index (χ4n) is 1.09. The van der Waals surface area contributed by atoms with E-state index >= 15 is 0 Å². The SMILES string of the molecule is COC(=O)C(NCl)C(=O)c1ccccc1. The average molecular weight is 228 g/mol. The summed E-state index contributed by atoms with van der Waals surface area (Å²) in [6, 6.07) is 7.22. The van der Waals surface area contributed by atoms with Crippen LogP contribution in [-0.4, -0.2) is 24.9 Å². The molecule has 0 bridgehead atoms. The monoisotopic (exact) mass is 227 g/mol. The maximum absolute atomic E-state index is 11.7. The van der Waals surface area contributed by atoms with Gasteiger partial charge in [-0.1, -0.05) is 30.3 Å². The van der Waals surface area contributed by atoms with E-state index in [-0.39, 0.29) is 0 Å². The van der Waals surface area contributed by atoms with Gasteiger partial charge < -0.3 is 4.74 Å². The molecule has 0 saturated carbocycles. The Balaban J connectivity index is 2.87. The molecule has 1 unspecified atom stereocenters. The van der Waals surface area contributed by atoms with Crippen molar-refractivity contribution in [2.45, 2.75) is 6.04 Å². The van der Waals surface area contributed by atoms with Gasteiger partial charge in [-0.15, -0.1) is 0 Å². The van der Waals surface area contributed by atoms with E-state index in [2.05, 4.69) is 9.57 Å². The smallest absolute Gasteiger partial charge is 0.332 e. The molecular formula is C10H10ClNO3. The zero-order valence-corrected chi connectivity index (χ0v) is 8.82. The van der Waals surface area contributed by atoms with Crippen molar-refractivity contribution in [3.8, 4) is 0 Å². The number of hydrogen-bond acceptors (Lipinski definition) is 4. The minimum Gasteiger partial charge on any atom is -0.467 e. The third-order valence-corrected chi connectivity index (χ3v) is 2.08. The van der Waals surface area contributed by atoms with Crippen LogP contribution in [0.4, 0.5) is 0 Å². The van der Waals surface area contributed by atoms with Crippen molar-refractivity contribution in [3.05, 3.63) is 35.9 Å². The molecule has 0 amide bonds. The van der Waals surface area contributed by atoms with Crippen molar-refractivity contribution in [2.24, 2.45) is 0 Å². The van der Waals surface area contributed by atoms with Gasteiger partial charge in [-0.05, 0) is 11.8 Å². The number of Topliss-reactive ketones (excluding diaryl/α,β-unsaturated/α-hetero) is 1. The highest BCUT2D eigenvalue weighted by molar-refractivity contribution is 6.21. The van der Waals surface area contributed by atoms with Crippen LogP contribution in [0, 0.1) is 0 Å². The maximum Gasteiger partial charge on any atom is 0.332 e. The molecule has 1 aromatic rings. The summed E-state index contributed by atoms with van der Waals surface area (Å²) in [4.78, 5) is 25.0. The zero-order chi connectivity index (χ0) is 11.3. The molecule has 0 heterocycles. The Morgan fingerprint density at radius 3 is 2.40 bits per heavy atom. The Morgan fingerprint density at radius 1 is 1.33 bits per heavy atom. The highest BCUT2D eigenvalue weighted by Gasteiger charge is 2.27. The topological polar surface area (TPSA) is 55.4 Å². The summed E-state index contributed by atoms with van der Waals surface area (Å²) in [6.07, 6.45) is 0. The lowest BCUT2D eigenvalue weighted by Gasteiger charge is -2.10. The molecule has 0 saturated heterocycles. The van der Waals surface area contributed by atoms with Crippen LogP contribution in [-0.2, 0) is 9.53 Å². The van der Waals surface area contributed by atoms with Crippen LogP contribution in [0.15, 0.2) is 30.3 Å². The molecule has 4 nitrogen and oxygen atoms in total. The standard InChI is InChI=1S/C10H10ClNO3/c1-15-10(14)8(12-11)9(13)7-5-3-2-4-6-7/h2-6,8,12H,1H3. The van der Waals surface area contributed by atoms with Gasteiger partial charge in [0.05, 0.1) is 7.11 Å². The fraction of sp³-hybridized carbons (Fsp3) is 0.200. The summed E-state index contributed by atoms with van der Waals surface area (Å²) < 4.78 is 4.44. The summed E-state index contributed by atoms with van der Waals surface area (Å²) >= 11 is 5.31. The predicted molar refractivity (Wildman–Crippen MR) is 55.6 cm³/mol. The summed E-state index contributed by atoms with van der Waals surface area (Å²) in [5.41, 5.74) is 0.404. The lowest BCUT2D eigenvalue weighted by Crippen LogP contribution is -2.39. The quantitative estimate of drug-likeness (QED) is 0.363. The number of hydrogen-bond donors (Lipinski definition) is 1. The molecule has 0 radical (unpaired) electrons. The van der Waals surface area contributed by atoms with Gasteiger partial charge in [-0.3, -0.25) is 4.79 Å². The molecule has 1 aromatic carbocycles. The van der Waals surface area contributed by atoms with Gasteiger partial charge in [0.25, 0.3) is 0 Å². The second-order valence-electron chi connectivity index (χ2n) is 2.80. The van der Waals surface area contributed by atoms with E-state index in [4.69, 9.17) is 11.8 Å². The molecule has 0 aliphatic heterocycles. The molecule has 1 atom stereocenters.